The standard InChI is InChI=1S/C14H16ClN3O/c1-10-16-6-12(17-10)7-18-8-14(9-18)19-13-4-2-11(15)3-5-13/h2-6,14H,7-9H2,1H3,(H,16,17). The van der Waals surface area contributed by atoms with Gasteiger partial charge in [-0.05, 0) is 31.2 Å². The van der Waals surface area contributed by atoms with Gasteiger partial charge < -0.3 is 9.72 Å². The SMILES string of the molecule is Cc1ncc(CN2CC(Oc3ccc(Cl)cc3)C2)[nH]1. The monoisotopic (exact) mass is 277 g/mol. The van der Waals surface area contributed by atoms with E-state index < -0.39 is 0 Å². The highest BCUT2D eigenvalue weighted by atomic mass is 35.5. The van der Waals surface area contributed by atoms with Crippen molar-refractivity contribution in [2.45, 2.75) is 19.6 Å². The summed E-state index contributed by atoms with van der Waals surface area (Å²) in [6.07, 6.45) is 2.16. The molecule has 0 bridgehead atoms. The zero-order chi connectivity index (χ0) is 13.2. The zero-order valence-corrected chi connectivity index (χ0v) is 11.5. The van der Waals surface area contributed by atoms with Crippen LogP contribution in [0.5, 0.6) is 5.75 Å². The molecule has 1 N–H and O–H groups in total. The third-order valence-corrected chi connectivity index (χ3v) is 3.44. The molecular formula is C14H16ClN3O. The summed E-state index contributed by atoms with van der Waals surface area (Å²) >= 11 is 5.84. The maximum Gasteiger partial charge on any atom is 0.124 e. The van der Waals surface area contributed by atoms with E-state index >= 15 is 0 Å². The highest BCUT2D eigenvalue weighted by Crippen LogP contribution is 2.21. The van der Waals surface area contributed by atoms with Gasteiger partial charge in [-0.15, -0.1) is 0 Å². The van der Waals surface area contributed by atoms with Crippen molar-refractivity contribution >= 4 is 11.6 Å². The molecule has 1 aromatic heterocycles. The number of nitrogens with one attached hydrogen (secondary N) is 1. The first-order valence-corrected chi connectivity index (χ1v) is 6.72. The second kappa shape index (κ2) is 5.23. The molecule has 0 unspecified atom stereocenters. The molecule has 1 aromatic carbocycles. The number of likely N-dealkylation sites (tertiary alicyclic amines) is 1. The van der Waals surface area contributed by atoms with E-state index in [-0.39, 0.29) is 6.10 Å². The summed E-state index contributed by atoms with van der Waals surface area (Å²) in [5, 5.41) is 0.734. The van der Waals surface area contributed by atoms with Crippen molar-refractivity contribution in [3.63, 3.8) is 0 Å². The van der Waals surface area contributed by atoms with Gasteiger partial charge in [-0.2, -0.15) is 0 Å². The number of H-pyrrole nitrogens is 1. The number of rotatable bonds is 4. The second-order valence-electron chi connectivity index (χ2n) is 4.88. The van der Waals surface area contributed by atoms with E-state index in [0.29, 0.717) is 0 Å². The maximum absolute atomic E-state index is 5.85. The highest BCUT2D eigenvalue weighted by molar-refractivity contribution is 6.30. The van der Waals surface area contributed by atoms with Gasteiger partial charge in [-0.1, -0.05) is 11.6 Å². The minimum absolute atomic E-state index is 0.269. The van der Waals surface area contributed by atoms with Crippen molar-refractivity contribution in [2.24, 2.45) is 0 Å². The van der Waals surface area contributed by atoms with Gasteiger partial charge in [0.15, 0.2) is 0 Å². The normalized spacial score (nSPS) is 16.3. The largest absolute Gasteiger partial charge is 0.488 e. The molecule has 1 aliphatic heterocycles. The summed E-state index contributed by atoms with van der Waals surface area (Å²) in [5.41, 5.74) is 1.16. The number of aromatic nitrogens is 2. The fourth-order valence-corrected chi connectivity index (χ4v) is 2.35. The lowest BCUT2D eigenvalue weighted by atomic mass is 10.1. The second-order valence-corrected chi connectivity index (χ2v) is 5.32. The number of ether oxygens (including phenoxy) is 1. The average molecular weight is 278 g/mol. The van der Waals surface area contributed by atoms with Crippen LogP contribution in [0.15, 0.2) is 30.5 Å². The van der Waals surface area contributed by atoms with Crippen LogP contribution >= 0.6 is 11.6 Å². The Balaban J connectivity index is 1.46. The predicted octanol–water partition coefficient (Wildman–Crippen LogP) is 2.63. The van der Waals surface area contributed by atoms with Crippen molar-refractivity contribution in [2.75, 3.05) is 13.1 Å². The van der Waals surface area contributed by atoms with Crippen LogP contribution in [0.25, 0.3) is 0 Å². The molecule has 0 radical (unpaired) electrons. The highest BCUT2D eigenvalue weighted by Gasteiger charge is 2.28. The molecule has 0 saturated carbocycles. The number of aryl methyl sites for hydroxylation is 1. The minimum Gasteiger partial charge on any atom is -0.488 e. The van der Waals surface area contributed by atoms with E-state index in [1.807, 2.05) is 37.4 Å². The van der Waals surface area contributed by atoms with E-state index in [1.54, 1.807) is 0 Å². The predicted molar refractivity (Wildman–Crippen MR) is 74.5 cm³/mol. The van der Waals surface area contributed by atoms with Crippen molar-refractivity contribution < 1.29 is 4.74 Å². The Hall–Kier alpha value is -1.52. The van der Waals surface area contributed by atoms with E-state index in [9.17, 15) is 0 Å². The lowest BCUT2D eigenvalue weighted by Crippen LogP contribution is -2.53. The van der Waals surface area contributed by atoms with Crippen LogP contribution in [0.4, 0.5) is 0 Å². The van der Waals surface area contributed by atoms with Gasteiger partial charge in [0.25, 0.3) is 0 Å². The van der Waals surface area contributed by atoms with E-state index in [2.05, 4.69) is 14.9 Å². The summed E-state index contributed by atoms with van der Waals surface area (Å²) in [4.78, 5) is 9.76. The topological polar surface area (TPSA) is 41.2 Å². The first-order chi connectivity index (χ1) is 9.19. The van der Waals surface area contributed by atoms with E-state index in [0.717, 1.165) is 41.9 Å². The fourth-order valence-electron chi connectivity index (χ4n) is 2.22. The van der Waals surface area contributed by atoms with Crippen molar-refractivity contribution in [1.82, 2.24) is 14.9 Å². The Morgan fingerprint density at radius 1 is 1.37 bits per heavy atom. The number of imidazole rings is 1. The van der Waals surface area contributed by atoms with Crippen LogP contribution in [0, 0.1) is 6.92 Å². The third-order valence-electron chi connectivity index (χ3n) is 3.19. The van der Waals surface area contributed by atoms with Gasteiger partial charge in [0.1, 0.15) is 17.7 Å². The number of benzene rings is 1. The van der Waals surface area contributed by atoms with Crippen molar-refractivity contribution in [1.29, 1.82) is 0 Å². The molecule has 1 aliphatic rings. The molecule has 0 amide bonds. The lowest BCUT2D eigenvalue weighted by molar-refractivity contribution is 0.0139. The average Bonchev–Trinajstić information content (AvgIpc) is 2.75. The van der Waals surface area contributed by atoms with Gasteiger partial charge in [0.2, 0.25) is 0 Å². The summed E-state index contributed by atoms with van der Waals surface area (Å²) in [6, 6.07) is 7.51. The minimum atomic E-state index is 0.269. The van der Waals surface area contributed by atoms with Gasteiger partial charge in [0, 0.05) is 36.5 Å². The Bertz CT molecular complexity index is 546. The first kappa shape index (κ1) is 12.5. The van der Waals surface area contributed by atoms with Gasteiger partial charge in [-0.25, -0.2) is 4.98 Å². The summed E-state index contributed by atoms with van der Waals surface area (Å²) < 4.78 is 5.85. The van der Waals surface area contributed by atoms with Gasteiger partial charge in [0.05, 0.1) is 0 Å². The van der Waals surface area contributed by atoms with Crippen LogP contribution < -0.4 is 4.74 Å². The molecule has 3 rings (SSSR count). The van der Waals surface area contributed by atoms with Crippen LogP contribution in [0.2, 0.25) is 5.02 Å². The molecule has 4 nitrogen and oxygen atoms in total. The molecule has 5 heteroatoms. The Morgan fingerprint density at radius 2 is 2.11 bits per heavy atom. The number of nitrogens with zero attached hydrogens (tertiary/aromatic N) is 2. The molecule has 1 fully saturated rings. The van der Waals surface area contributed by atoms with Crippen molar-refractivity contribution in [3.05, 3.63) is 47.0 Å². The summed E-state index contributed by atoms with van der Waals surface area (Å²) in [7, 11) is 0. The number of aromatic amines is 1. The molecule has 1 saturated heterocycles. The van der Waals surface area contributed by atoms with Crippen LogP contribution in [-0.2, 0) is 6.54 Å². The fraction of sp³-hybridized carbons (Fsp3) is 0.357. The van der Waals surface area contributed by atoms with Crippen LogP contribution in [-0.4, -0.2) is 34.1 Å². The molecule has 19 heavy (non-hydrogen) atoms. The molecule has 0 atom stereocenters. The van der Waals surface area contributed by atoms with Gasteiger partial charge >= 0.3 is 0 Å². The molecule has 100 valence electrons. The third kappa shape index (κ3) is 3.08. The number of halogens is 1. The molecule has 0 aliphatic carbocycles. The van der Waals surface area contributed by atoms with Crippen molar-refractivity contribution in [3.8, 4) is 5.75 Å². The molecule has 2 heterocycles. The molecule has 0 spiro atoms. The summed E-state index contributed by atoms with van der Waals surface area (Å²) in [5.74, 6) is 1.84. The molecular weight excluding hydrogens is 262 g/mol. The Labute approximate surface area is 117 Å². The van der Waals surface area contributed by atoms with Crippen LogP contribution in [0.1, 0.15) is 11.5 Å². The lowest BCUT2D eigenvalue weighted by Gasteiger charge is -2.38. The quantitative estimate of drug-likeness (QED) is 0.934. The Morgan fingerprint density at radius 3 is 2.74 bits per heavy atom. The summed E-state index contributed by atoms with van der Waals surface area (Å²) in [6.45, 7) is 4.76. The Kier molecular flexibility index (Phi) is 3.44. The molecule has 2 aromatic rings. The smallest absolute Gasteiger partial charge is 0.124 e. The van der Waals surface area contributed by atoms with Crippen LogP contribution in [0.3, 0.4) is 0 Å². The first-order valence-electron chi connectivity index (χ1n) is 6.34. The van der Waals surface area contributed by atoms with E-state index in [1.165, 1.54) is 0 Å². The van der Waals surface area contributed by atoms with E-state index in [4.69, 9.17) is 16.3 Å². The maximum atomic E-state index is 5.85. The number of hydrogen-bond acceptors (Lipinski definition) is 3. The van der Waals surface area contributed by atoms with Gasteiger partial charge in [-0.3, -0.25) is 4.90 Å². The zero-order valence-electron chi connectivity index (χ0n) is 10.8. The number of hydrogen-bond donors (Lipinski definition) is 1.